The predicted molar refractivity (Wildman–Crippen MR) is 57.6 cm³/mol. The smallest absolute Gasteiger partial charge is 0.326 e. The molecule has 0 heterocycles. The minimum atomic E-state index is -0.977. The first-order chi connectivity index (χ1) is 6.97. The van der Waals surface area contributed by atoms with Gasteiger partial charge in [0.25, 0.3) is 0 Å². The number of hydrogen-bond acceptors (Lipinski definition) is 3. The zero-order chi connectivity index (χ0) is 11.8. The van der Waals surface area contributed by atoms with Crippen LogP contribution >= 0.6 is 0 Å². The van der Waals surface area contributed by atoms with E-state index in [1.54, 1.807) is 0 Å². The van der Waals surface area contributed by atoms with Crippen molar-refractivity contribution in [3.8, 4) is 0 Å². The van der Waals surface area contributed by atoms with E-state index < -0.39 is 12.0 Å². The Morgan fingerprint density at radius 2 is 1.93 bits per heavy atom. The quantitative estimate of drug-likeness (QED) is 0.574. The fourth-order valence-corrected chi connectivity index (χ4v) is 1.09. The molecule has 0 saturated heterocycles. The van der Waals surface area contributed by atoms with E-state index in [0.717, 1.165) is 6.42 Å². The average molecular weight is 216 g/mol. The van der Waals surface area contributed by atoms with Crippen LogP contribution in [0, 0.1) is 0 Å². The maximum absolute atomic E-state index is 11.3. The van der Waals surface area contributed by atoms with Crippen LogP contribution in [0.5, 0.6) is 0 Å². The highest BCUT2D eigenvalue weighted by atomic mass is 16.4. The van der Waals surface area contributed by atoms with Gasteiger partial charge in [-0.2, -0.15) is 0 Å². The normalized spacial score (nSPS) is 12.5. The molecule has 0 radical (unpaired) electrons. The summed E-state index contributed by atoms with van der Waals surface area (Å²) in [6.45, 7) is 5.89. The van der Waals surface area contributed by atoms with Crippen molar-refractivity contribution in [1.29, 1.82) is 0 Å². The maximum atomic E-state index is 11.3. The van der Waals surface area contributed by atoms with E-state index in [1.165, 1.54) is 0 Å². The van der Waals surface area contributed by atoms with Gasteiger partial charge < -0.3 is 15.7 Å². The molecule has 5 nitrogen and oxygen atoms in total. The van der Waals surface area contributed by atoms with Gasteiger partial charge in [-0.3, -0.25) is 4.79 Å². The summed E-state index contributed by atoms with van der Waals surface area (Å²) in [5, 5.41) is 14.2. The lowest BCUT2D eigenvalue weighted by molar-refractivity contribution is -0.141. The summed E-state index contributed by atoms with van der Waals surface area (Å²) < 4.78 is 0. The van der Waals surface area contributed by atoms with Crippen LogP contribution in [0.3, 0.4) is 0 Å². The Kier molecular flexibility index (Phi) is 6.70. The molecule has 0 aliphatic carbocycles. The number of nitrogens with one attached hydrogen (secondary N) is 2. The van der Waals surface area contributed by atoms with Crippen molar-refractivity contribution in [1.82, 2.24) is 10.6 Å². The highest BCUT2D eigenvalue weighted by Gasteiger charge is 2.18. The van der Waals surface area contributed by atoms with Crippen LogP contribution in [0.4, 0.5) is 0 Å². The first-order valence-corrected chi connectivity index (χ1v) is 5.23. The minimum absolute atomic E-state index is 0.158. The molecule has 0 aromatic heterocycles. The molecule has 1 amide bonds. The van der Waals surface area contributed by atoms with Crippen molar-refractivity contribution in [2.45, 2.75) is 45.7 Å². The monoisotopic (exact) mass is 216 g/mol. The number of hydrogen-bond donors (Lipinski definition) is 3. The molecule has 0 aromatic rings. The molecule has 0 rings (SSSR count). The molecule has 88 valence electrons. The number of carboxylic acids is 1. The van der Waals surface area contributed by atoms with E-state index in [0.29, 0.717) is 6.42 Å². The Morgan fingerprint density at radius 1 is 1.33 bits per heavy atom. The number of carbonyl (C=O) groups is 2. The first kappa shape index (κ1) is 13.9. The third-order valence-corrected chi connectivity index (χ3v) is 1.88. The molecule has 0 saturated carbocycles. The molecule has 5 heteroatoms. The van der Waals surface area contributed by atoms with Crippen molar-refractivity contribution in [3.05, 3.63) is 0 Å². The highest BCUT2D eigenvalue weighted by Crippen LogP contribution is 1.96. The van der Waals surface area contributed by atoms with Crippen molar-refractivity contribution in [2.75, 3.05) is 6.54 Å². The van der Waals surface area contributed by atoms with Crippen molar-refractivity contribution in [3.63, 3.8) is 0 Å². The summed E-state index contributed by atoms with van der Waals surface area (Å²) in [6, 6.07) is -0.554. The third kappa shape index (κ3) is 6.90. The first-order valence-electron chi connectivity index (χ1n) is 5.23. The van der Waals surface area contributed by atoms with E-state index in [2.05, 4.69) is 10.6 Å². The Morgan fingerprint density at radius 3 is 2.33 bits per heavy atom. The Hall–Kier alpha value is -1.10. The Balaban J connectivity index is 3.94. The van der Waals surface area contributed by atoms with Crippen LogP contribution in [0.1, 0.15) is 33.6 Å². The van der Waals surface area contributed by atoms with Gasteiger partial charge in [-0.05, 0) is 6.42 Å². The molecule has 0 unspecified atom stereocenters. The maximum Gasteiger partial charge on any atom is 0.326 e. The van der Waals surface area contributed by atoms with Gasteiger partial charge in [-0.25, -0.2) is 4.79 Å². The number of rotatable bonds is 7. The molecule has 0 aliphatic rings. The van der Waals surface area contributed by atoms with E-state index in [9.17, 15) is 9.59 Å². The van der Waals surface area contributed by atoms with E-state index in [-0.39, 0.29) is 18.5 Å². The van der Waals surface area contributed by atoms with Gasteiger partial charge in [0.05, 0.1) is 6.54 Å². The standard InChI is InChI=1S/C10H20N2O3/c1-4-5-8(10(14)15)12-9(13)6-11-7(2)3/h7-8,11H,4-6H2,1-3H3,(H,12,13)(H,14,15)/t8-/m0/s1. The summed E-state index contributed by atoms with van der Waals surface area (Å²) in [5.74, 6) is -1.25. The predicted octanol–water partition coefficient (Wildman–Crippen LogP) is 0.354. The van der Waals surface area contributed by atoms with E-state index in [1.807, 2.05) is 20.8 Å². The lowest BCUT2D eigenvalue weighted by Gasteiger charge is -2.14. The molecule has 0 bridgehead atoms. The van der Waals surface area contributed by atoms with Crippen LogP contribution in [-0.2, 0) is 9.59 Å². The summed E-state index contributed by atoms with van der Waals surface area (Å²) in [7, 11) is 0. The zero-order valence-corrected chi connectivity index (χ0v) is 9.54. The van der Waals surface area contributed by atoms with Gasteiger partial charge in [-0.1, -0.05) is 27.2 Å². The van der Waals surface area contributed by atoms with Crippen LogP contribution in [0.2, 0.25) is 0 Å². The number of carbonyl (C=O) groups excluding carboxylic acids is 1. The second kappa shape index (κ2) is 7.23. The fourth-order valence-electron chi connectivity index (χ4n) is 1.09. The third-order valence-electron chi connectivity index (χ3n) is 1.88. The molecule has 0 fully saturated rings. The fraction of sp³-hybridized carbons (Fsp3) is 0.800. The second-order valence-corrected chi connectivity index (χ2v) is 3.78. The number of amides is 1. The van der Waals surface area contributed by atoms with Gasteiger partial charge in [0, 0.05) is 6.04 Å². The largest absolute Gasteiger partial charge is 0.480 e. The Bertz CT molecular complexity index is 217. The molecule has 1 atom stereocenters. The molecule has 0 aromatic carbocycles. The van der Waals surface area contributed by atoms with E-state index in [4.69, 9.17) is 5.11 Å². The number of aliphatic carboxylic acids is 1. The van der Waals surface area contributed by atoms with Gasteiger partial charge in [0.1, 0.15) is 6.04 Å². The summed E-state index contributed by atoms with van der Waals surface area (Å²) in [5.41, 5.74) is 0. The molecular weight excluding hydrogens is 196 g/mol. The lowest BCUT2D eigenvalue weighted by atomic mass is 10.1. The topological polar surface area (TPSA) is 78.4 Å². The zero-order valence-electron chi connectivity index (χ0n) is 9.54. The molecular formula is C10H20N2O3. The molecule has 15 heavy (non-hydrogen) atoms. The van der Waals surface area contributed by atoms with Gasteiger partial charge in [-0.15, -0.1) is 0 Å². The minimum Gasteiger partial charge on any atom is -0.480 e. The number of carboxylic acid groups (broad SMARTS) is 1. The van der Waals surface area contributed by atoms with Crippen LogP contribution in [0.25, 0.3) is 0 Å². The second-order valence-electron chi connectivity index (χ2n) is 3.78. The lowest BCUT2D eigenvalue weighted by Crippen LogP contribution is -2.45. The molecule has 0 spiro atoms. The molecule has 3 N–H and O–H groups in total. The van der Waals surface area contributed by atoms with Crippen molar-refractivity contribution in [2.24, 2.45) is 0 Å². The van der Waals surface area contributed by atoms with Crippen LogP contribution in [0.15, 0.2) is 0 Å². The average Bonchev–Trinajstić information content (AvgIpc) is 2.14. The van der Waals surface area contributed by atoms with Crippen LogP contribution < -0.4 is 10.6 Å². The Labute approximate surface area is 90.2 Å². The summed E-state index contributed by atoms with van der Waals surface area (Å²) in [4.78, 5) is 22.0. The highest BCUT2D eigenvalue weighted by molar-refractivity contribution is 5.84. The van der Waals surface area contributed by atoms with Crippen molar-refractivity contribution >= 4 is 11.9 Å². The molecule has 0 aliphatic heterocycles. The summed E-state index contributed by atoms with van der Waals surface area (Å²) in [6.07, 6.45) is 1.19. The van der Waals surface area contributed by atoms with Gasteiger partial charge in [0.2, 0.25) is 5.91 Å². The van der Waals surface area contributed by atoms with Crippen LogP contribution in [-0.4, -0.2) is 35.6 Å². The summed E-state index contributed by atoms with van der Waals surface area (Å²) >= 11 is 0. The SMILES string of the molecule is CCC[C@H](NC(=O)CNC(C)C)C(=O)O. The van der Waals surface area contributed by atoms with Gasteiger partial charge >= 0.3 is 5.97 Å². The van der Waals surface area contributed by atoms with Crippen molar-refractivity contribution < 1.29 is 14.7 Å². The van der Waals surface area contributed by atoms with Gasteiger partial charge in [0.15, 0.2) is 0 Å². The van der Waals surface area contributed by atoms with E-state index >= 15 is 0 Å².